The Labute approximate surface area is 247 Å². The highest BCUT2D eigenvalue weighted by Gasteiger charge is 2.27. The Balaban J connectivity index is 1.39. The van der Waals surface area contributed by atoms with Gasteiger partial charge in [-0.15, -0.1) is 23.1 Å². The molecular weight excluding hydrogens is 555 g/mol. The van der Waals surface area contributed by atoms with Gasteiger partial charge in [-0.05, 0) is 67.1 Å². The van der Waals surface area contributed by atoms with Crippen molar-refractivity contribution in [1.29, 1.82) is 5.26 Å². The van der Waals surface area contributed by atoms with E-state index in [1.165, 1.54) is 42.2 Å². The van der Waals surface area contributed by atoms with Gasteiger partial charge >= 0.3 is 0 Å². The van der Waals surface area contributed by atoms with Gasteiger partial charge in [0.05, 0.1) is 19.8 Å². The SMILES string of the molecule is COc1cccc(OC)c1C(=O)Nc1cccc(SC(C(=O)Nc2sc3c(c2C#N)CCCC3)c2ccccc2)c1. The van der Waals surface area contributed by atoms with Gasteiger partial charge in [0.25, 0.3) is 5.91 Å². The number of hydrogen-bond acceptors (Lipinski definition) is 7. The normalized spacial score (nSPS) is 12.9. The molecule has 1 aromatic heterocycles. The van der Waals surface area contributed by atoms with Crippen molar-refractivity contribution in [2.24, 2.45) is 0 Å². The van der Waals surface area contributed by atoms with Crippen molar-refractivity contribution in [3.63, 3.8) is 0 Å². The molecule has 1 atom stereocenters. The highest BCUT2D eigenvalue weighted by molar-refractivity contribution is 8.00. The predicted octanol–water partition coefficient (Wildman–Crippen LogP) is 7.24. The molecule has 7 nitrogen and oxygen atoms in total. The van der Waals surface area contributed by atoms with Gasteiger partial charge in [-0.1, -0.05) is 42.5 Å². The fourth-order valence-corrected chi connectivity index (χ4v) is 7.23. The van der Waals surface area contributed by atoms with Gasteiger partial charge in [-0.25, -0.2) is 0 Å². The molecular formula is C32H29N3O4S2. The number of benzene rings is 3. The Hall–Kier alpha value is -4.26. The Morgan fingerprint density at radius 2 is 1.63 bits per heavy atom. The van der Waals surface area contributed by atoms with Crippen LogP contribution in [0.1, 0.15) is 50.0 Å². The van der Waals surface area contributed by atoms with E-state index < -0.39 is 5.25 Å². The monoisotopic (exact) mass is 583 g/mol. The van der Waals surface area contributed by atoms with Crippen molar-refractivity contribution in [1.82, 2.24) is 0 Å². The van der Waals surface area contributed by atoms with Gasteiger partial charge in [-0.3, -0.25) is 9.59 Å². The van der Waals surface area contributed by atoms with Crippen LogP contribution in [-0.2, 0) is 17.6 Å². The van der Waals surface area contributed by atoms with Crippen molar-refractivity contribution >= 4 is 45.6 Å². The van der Waals surface area contributed by atoms with Gasteiger partial charge in [0, 0.05) is 15.5 Å². The average molecular weight is 584 g/mol. The molecule has 1 aliphatic carbocycles. The molecule has 0 fully saturated rings. The van der Waals surface area contributed by atoms with Crippen molar-refractivity contribution in [2.45, 2.75) is 35.8 Å². The van der Waals surface area contributed by atoms with Crippen LogP contribution in [0.2, 0.25) is 0 Å². The third kappa shape index (κ3) is 6.24. The molecule has 5 rings (SSSR count). The van der Waals surface area contributed by atoms with Crippen LogP contribution < -0.4 is 20.1 Å². The number of thiophene rings is 1. The first kappa shape index (κ1) is 28.3. The highest BCUT2D eigenvalue weighted by Crippen LogP contribution is 2.41. The van der Waals surface area contributed by atoms with Gasteiger partial charge in [0.2, 0.25) is 5.91 Å². The van der Waals surface area contributed by atoms with Crippen molar-refractivity contribution in [3.05, 3.63) is 99.9 Å². The van der Waals surface area contributed by atoms with E-state index >= 15 is 0 Å². The summed E-state index contributed by atoms with van der Waals surface area (Å²) in [7, 11) is 3.01. The molecule has 1 aliphatic rings. The number of carbonyl (C=O) groups excluding carboxylic acids is 2. The smallest absolute Gasteiger partial charge is 0.263 e. The fraction of sp³-hybridized carbons (Fsp3) is 0.219. The molecule has 1 unspecified atom stereocenters. The molecule has 0 spiro atoms. The lowest BCUT2D eigenvalue weighted by Crippen LogP contribution is -2.19. The average Bonchev–Trinajstić information content (AvgIpc) is 3.36. The van der Waals surface area contributed by atoms with E-state index in [4.69, 9.17) is 9.47 Å². The quantitative estimate of drug-likeness (QED) is 0.202. The van der Waals surface area contributed by atoms with Crippen LogP contribution in [-0.4, -0.2) is 26.0 Å². The molecule has 2 amide bonds. The standard InChI is InChI=1S/C32H29N3O4S2/c1-38-25-15-9-16-26(39-2)28(25)30(36)34-21-12-8-13-22(18-21)40-29(20-10-4-3-5-11-20)31(37)35-32-24(19-33)23-14-6-7-17-27(23)41-32/h3-5,8-13,15-16,18,29H,6-7,14,17H2,1-2H3,(H,34,36)(H,35,37). The number of carbonyl (C=O) groups is 2. The number of aryl methyl sites for hydroxylation is 1. The number of fused-ring (bicyclic) bond motifs is 1. The maximum atomic E-state index is 13.8. The number of nitrogens with one attached hydrogen (secondary N) is 2. The lowest BCUT2D eigenvalue weighted by molar-refractivity contribution is -0.115. The summed E-state index contributed by atoms with van der Waals surface area (Å²) in [5.74, 6) is 0.231. The third-order valence-corrected chi connectivity index (χ3v) is 9.32. The first-order chi connectivity index (χ1) is 20.0. The number of nitrogens with zero attached hydrogens (tertiary/aromatic N) is 1. The molecule has 0 saturated heterocycles. The summed E-state index contributed by atoms with van der Waals surface area (Å²) < 4.78 is 10.8. The van der Waals surface area contributed by atoms with E-state index in [0.717, 1.165) is 41.7 Å². The van der Waals surface area contributed by atoms with E-state index in [2.05, 4.69) is 16.7 Å². The number of thioether (sulfide) groups is 1. The topological polar surface area (TPSA) is 100 Å². The molecule has 2 N–H and O–H groups in total. The number of hydrogen-bond donors (Lipinski definition) is 2. The van der Waals surface area contributed by atoms with Crippen LogP contribution in [0, 0.1) is 11.3 Å². The van der Waals surface area contributed by atoms with Crippen LogP contribution in [0.25, 0.3) is 0 Å². The number of amides is 2. The van der Waals surface area contributed by atoms with Crippen LogP contribution in [0.3, 0.4) is 0 Å². The Bertz CT molecular complexity index is 1590. The molecule has 1 heterocycles. The Kier molecular flexibility index (Phi) is 8.92. The predicted molar refractivity (Wildman–Crippen MR) is 163 cm³/mol. The van der Waals surface area contributed by atoms with Gasteiger partial charge in [0.1, 0.15) is 33.4 Å². The van der Waals surface area contributed by atoms with Crippen molar-refractivity contribution in [2.75, 3.05) is 24.9 Å². The molecule has 0 bridgehead atoms. The van der Waals surface area contributed by atoms with Crippen LogP contribution >= 0.6 is 23.1 Å². The van der Waals surface area contributed by atoms with Crippen LogP contribution in [0.4, 0.5) is 10.7 Å². The summed E-state index contributed by atoms with van der Waals surface area (Å²) >= 11 is 2.89. The largest absolute Gasteiger partial charge is 0.496 e. The molecule has 0 aliphatic heterocycles. The number of nitriles is 1. The van der Waals surface area contributed by atoms with Crippen LogP contribution in [0.15, 0.2) is 77.7 Å². The van der Waals surface area contributed by atoms with Gasteiger partial charge in [0.15, 0.2) is 0 Å². The van der Waals surface area contributed by atoms with E-state index in [0.29, 0.717) is 33.3 Å². The summed E-state index contributed by atoms with van der Waals surface area (Å²) in [6.45, 7) is 0. The Morgan fingerprint density at radius 3 is 2.34 bits per heavy atom. The second-order valence-corrected chi connectivity index (χ2v) is 11.7. The first-order valence-electron chi connectivity index (χ1n) is 13.2. The summed E-state index contributed by atoms with van der Waals surface area (Å²) in [5, 5.41) is 15.9. The van der Waals surface area contributed by atoms with E-state index in [1.807, 2.05) is 48.5 Å². The summed E-state index contributed by atoms with van der Waals surface area (Å²) in [6.07, 6.45) is 3.98. The number of methoxy groups -OCH3 is 2. The second kappa shape index (κ2) is 12.9. The number of ether oxygens (including phenoxy) is 2. The first-order valence-corrected chi connectivity index (χ1v) is 14.9. The van der Waals surface area contributed by atoms with Gasteiger partial charge < -0.3 is 20.1 Å². The molecule has 9 heteroatoms. The molecule has 3 aromatic carbocycles. The minimum Gasteiger partial charge on any atom is -0.496 e. The maximum absolute atomic E-state index is 13.8. The maximum Gasteiger partial charge on any atom is 0.263 e. The number of anilines is 2. The molecule has 0 radical (unpaired) electrons. The zero-order valence-electron chi connectivity index (χ0n) is 22.7. The fourth-order valence-electron chi connectivity index (χ4n) is 4.90. The van der Waals surface area contributed by atoms with E-state index in [1.54, 1.807) is 24.3 Å². The lowest BCUT2D eigenvalue weighted by atomic mass is 9.96. The zero-order valence-corrected chi connectivity index (χ0v) is 24.4. The number of rotatable bonds is 9. The highest BCUT2D eigenvalue weighted by atomic mass is 32.2. The lowest BCUT2D eigenvalue weighted by Gasteiger charge is -2.18. The zero-order chi connectivity index (χ0) is 28.8. The second-order valence-electron chi connectivity index (χ2n) is 9.44. The molecule has 41 heavy (non-hydrogen) atoms. The molecule has 4 aromatic rings. The Morgan fingerprint density at radius 1 is 0.927 bits per heavy atom. The van der Waals surface area contributed by atoms with Crippen LogP contribution in [0.5, 0.6) is 11.5 Å². The van der Waals surface area contributed by atoms with Crippen molar-refractivity contribution < 1.29 is 19.1 Å². The van der Waals surface area contributed by atoms with Gasteiger partial charge in [-0.2, -0.15) is 5.26 Å². The minimum absolute atomic E-state index is 0.204. The summed E-state index contributed by atoms with van der Waals surface area (Å²) in [5.41, 5.74) is 3.37. The molecule has 208 valence electrons. The minimum atomic E-state index is -0.581. The van der Waals surface area contributed by atoms with Crippen molar-refractivity contribution in [3.8, 4) is 17.6 Å². The third-order valence-electron chi connectivity index (χ3n) is 6.86. The van der Waals surface area contributed by atoms with E-state index in [-0.39, 0.29) is 11.8 Å². The summed E-state index contributed by atoms with van der Waals surface area (Å²) in [4.78, 5) is 29.0. The molecule has 0 saturated carbocycles. The van der Waals surface area contributed by atoms with E-state index in [9.17, 15) is 14.9 Å². The summed E-state index contributed by atoms with van der Waals surface area (Å²) in [6, 6.07) is 24.4.